The molecule has 1 unspecified atom stereocenters. The Morgan fingerprint density at radius 1 is 1.75 bits per heavy atom. The molecule has 1 heterocycles. The Bertz CT molecular complexity index is 263. The fourth-order valence-electron chi connectivity index (χ4n) is 0.987. The van der Waals surface area contributed by atoms with Gasteiger partial charge in [0, 0.05) is 12.7 Å². The van der Waals surface area contributed by atoms with Gasteiger partial charge >= 0.3 is 0 Å². The molecule has 0 saturated heterocycles. The highest BCUT2D eigenvalue weighted by Crippen LogP contribution is 2.02. The van der Waals surface area contributed by atoms with E-state index in [4.69, 9.17) is 5.11 Å². The van der Waals surface area contributed by atoms with Crippen LogP contribution in [0.1, 0.15) is 19.5 Å². The molecule has 1 aromatic rings. The molecule has 0 aliphatic rings. The molecule has 12 heavy (non-hydrogen) atoms. The van der Waals surface area contributed by atoms with E-state index >= 15 is 0 Å². The standard InChI is InChI=1S/C9H14N2O/c1-3-11-9(6-7-10-11)5-4-8(2)12/h4-8,12H,3H2,1-2H3/b5-4+. The molecule has 0 spiro atoms. The van der Waals surface area contributed by atoms with Crippen molar-refractivity contribution in [3.8, 4) is 0 Å². The Balaban J connectivity index is 2.74. The van der Waals surface area contributed by atoms with Crippen molar-refractivity contribution >= 4 is 6.08 Å². The first-order valence-corrected chi connectivity index (χ1v) is 4.12. The maximum absolute atomic E-state index is 9.00. The first-order valence-electron chi connectivity index (χ1n) is 4.12. The molecule has 0 bridgehead atoms. The van der Waals surface area contributed by atoms with Crippen LogP contribution in [0.3, 0.4) is 0 Å². The van der Waals surface area contributed by atoms with Gasteiger partial charge in [-0.05, 0) is 26.0 Å². The van der Waals surface area contributed by atoms with Gasteiger partial charge in [0.2, 0.25) is 0 Å². The average molecular weight is 166 g/mol. The van der Waals surface area contributed by atoms with Gasteiger partial charge in [-0.15, -0.1) is 0 Å². The highest BCUT2D eigenvalue weighted by molar-refractivity contribution is 5.44. The van der Waals surface area contributed by atoms with Gasteiger partial charge in [0.15, 0.2) is 0 Å². The van der Waals surface area contributed by atoms with E-state index < -0.39 is 6.10 Å². The van der Waals surface area contributed by atoms with E-state index in [9.17, 15) is 0 Å². The van der Waals surface area contributed by atoms with Gasteiger partial charge in [-0.3, -0.25) is 4.68 Å². The maximum atomic E-state index is 9.00. The van der Waals surface area contributed by atoms with E-state index in [2.05, 4.69) is 5.10 Å². The molecule has 0 aliphatic carbocycles. The largest absolute Gasteiger partial charge is 0.389 e. The van der Waals surface area contributed by atoms with Crippen molar-refractivity contribution in [1.82, 2.24) is 9.78 Å². The monoisotopic (exact) mass is 166 g/mol. The van der Waals surface area contributed by atoms with Gasteiger partial charge in [0.1, 0.15) is 0 Å². The molecule has 3 heteroatoms. The second kappa shape index (κ2) is 4.07. The van der Waals surface area contributed by atoms with E-state index in [1.807, 2.05) is 23.7 Å². The lowest BCUT2D eigenvalue weighted by atomic mass is 10.3. The number of aromatic nitrogens is 2. The highest BCUT2D eigenvalue weighted by atomic mass is 16.3. The van der Waals surface area contributed by atoms with Gasteiger partial charge in [-0.25, -0.2) is 0 Å². The van der Waals surface area contributed by atoms with Crippen molar-refractivity contribution in [2.75, 3.05) is 0 Å². The van der Waals surface area contributed by atoms with E-state index in [-0.39, 0.29) is 0 Å². The van der Waals surface area contributed by atoms with Crippen LogP contribution in [0.25, 0.3) is 6.08 Å². The minimum Gasteiger partial charge on any atom is -0.389 e. The van der Waals surface area contributed by atoms with Crippen molar-refractivity contribution in [1.29, 1.82) is 0 Å². The third kappa shape index (κ3) is 2.20. The zero-order valence-corrected chi connectivity index (χ0v) is 7.44. The molecule has 3 nitrogen and oxygen atoms in total. The Hall–Kier alpha value is -1.09. The molecule has 1 N–H and O–H groups in total. The van der Waals surface area contributed by atoms with Crippen LogP contribution in [0.4, 0.5) is 0 Å². The zero-order chi connectivity index (χ0) is 8.97. The lowest BCUT2D eigenvalue weighted by Crippen LogP contribution is -1.99. The van der Waals surface area contributed by atoms with Crippen LogP contribution >= 0.6 is 0 Å². The summed E-state index contributed by atoms with van der Waals surface area (Å²) in [6, 6.07) is 1.92. The van der Waals surface area contributed by atoms with Gasteiger partial charge in [0.05, 0.1) is 11.8 Å². The van der Waals surface area contributed by atoms with Crippen LogP contribution in [0, 0.1) is 0 Å². The minimum absolute atomic E-state index is 0.398. The summed E-state index contributed by atoms with van der Waals surface area (Å²) in [4.78, 5) is 0. The number of aliphatic hydroxyl groups is 1. The minimum atomic E-state index is -0.398. The summed E-state index contributed by atoms with van der Waals surface area (Å²) in [6.45, 7) is 4.61. The smallest absolute Gasteiger partial charge is 0.0696 e. The SMILES string of the molecule is CCn1nccc1/C=C/C(C)O. The molecule has 0 radical (unpaired) electrons. The number of aliphatic hydroxyl groups excluding tert-OH is 1. The van der Waals surface area contributed by atoms with E-state index in [0.717, 1.165) is 12.2 Å². The summed E-state index contributed by atoms with van der Waals surface area (Å²) in [7, 11) is 0. The predicted octanol–water partition coefficient (Wildman–Crippen LogP) is 1.30. The average Bonchev–Trinajstić information content (AvgIpc) is 2.47. The number of nitrogens with zero attached hydrogens (tertiary/aromatic N) is 2. The topological polar surface area (TPSA) is 38.0 Å². The summed E-state index contributed by atoms with van der Waals surface area (Å²) >= 11 is 0. The molecule has 0 fully saturated rings. The van der Waals surface area contributed by atoms with Crippen LogP contribution in [0.5, 0.6) is 0 Å². The summed E-state index contributed by atoms with van der Waals surface area (Å²) in [6.07, 6.45) is 4.97. The van der Waals surface area contributed by atoms with Crippen molar-refractivity contribution < 1.29 is 5.11 Å². The number of hydrogen-bond donors (Lipinski definition) is 1. The summed E-state index contributed by atoms with van der Waals surface area (Å²) in [5.41, 5.74) is 1.03. The fourth-order valence-corrected chi connectivity index (χ4v) is 0.987. The van der Waals surface area contributed by atoms with Crippen LogP contribution in [0.2, 0.25) is 0 Å². The first kappa shape index (κ1) is 9.00. The number of hydrogen-bond acceptors (Lipinski definition) is 2. The van der Waals surface area contributed by atoms with Gasteiger partial charge < -0.3 is 5.11 Å². The van der Waals surface area contributed by atoms with Crippen molar-refractivity contribution in [2.24, 2.45) is 0 Å². The summed E-state index contributed by atoms with van der Waals surface area (Å²) in [5, 5.41) is 13.1. The Labute approximate surface area is 72.3 Å². The van der Waals surface area contributed by atoms with Crippen LogP contribution in [-0.4, -0.2) is 21.0 Å². The molecule has 1 aromatic heterocycles. The third-order valence-corrected chi connectivity index (χ3v) is 1.59. The molecule has 1 rings (SSSR count). The number of rotatable bonds is 3. The van der Waals surface area contributed by atoms with E-state index in [1.54, 1.807) is 19.2 Å². The normalized spacial score (nSPS) is 13.9. The van der Waals surface area contributed by atoms with Crippen molar-refractivity contribution in [2.45, 2.75) is 26.5 Å². The number of aryl methyl sites for hydroxylation is 1. The Morgan fingerprint density at radius 3 is 3.08 bits per heavy atom. The third-order valence-electron chi connectivity index (χ3n) is 1.59. The second-order valence-electron chi connectivity index (χ2n) is 2.67. The summed E-state index contributed by atoms with van der Waals surface area (Å²) < 4.78 is 1.87. The second-order valence-corrected chi connectivity index (χ2v) is 2.67. The predicted molar refractivity (Wildman–Crippen MR) is 48.6 cm³/mol. The first-order chi connectivity index (χ1) is 5.74. The lowest BCUT2D eigenvalue weighted by Gasteiger charge is -1.99. The van der Waals surface area contributed by atoms with Crippen LogP contribution < -0.4 is 0 Å². The molecule has 0 saturated carbocycles. The van der Waals surface area contributed by atoms with Gasteiger partial charge in [0.25, 0.3) is 0 Å². The quantitative estimate of drug-likeness (QED) is 0.735. The van der Waals surface area contributed by atoms with Crippen LogP contribution in [-0.2, 0) is 6.54 Å². The van der Waals surface area contributed by atoms with Gasteiger partial charge in [-0.2, -0.15) is 5.10 Å². The molecular weight excluding hydrogens is 152 g/mol. The lowest BCUT2D eigenvalue weighted by molar-refractivity contribution is 0.245. The van der Waals surface area contributed by atoms with E-state index in [1.165, 1.54) is 0 Å². The van der Waals surface area contributed by atoms with Crippen LogP contribution in [0.15, 0.2) is 18.3 Å². The highest BCUT2D eigenvalue weighted by Gasteiger charge is 1.95. The summed E-state index contributed by atoms with van der Waals surface area (Å²) in [5.74, 6) is 0. The van der Waals surface area contributed by atoms with Crippen molar-refractivity contribution in [3.05, 3.63) is 24.0 Å². The molecule has 0 amide bonds. The molecule has 0 aromatic carbocycles. The van der Waals surface area contributed by atoms with Crippen molar-refractivity contribution in [3.63, 3.8) is 0 Å². The van der Waals surface area contributed by atoms with Gasteiger partial charge in [-0.1, -0.05) is 6.08 Å². The molecule has 66 valence electrons. The Morgan fingerprint density at radius 2 is 2.50 bits per heavy atom. The molecular formula is C9H14N2O. The molecule has 1 atom stereocenters. The fraction of sp³-hybridized carbons (Fsp3) is 0.444. The Kier molecular flexibility index (Phi) is 3.05. The maximum Gasteiger partial charge on any atom is 0.0696 e. The zero-order valence-electron chi connectivity index (χ0n) is 7.44. The van der Waals surface area contributed by atoms with E-state index in [0.29, 0.717) is 0 Å². The molecule has 0 aliphatic heterocycles.